The van der Waals surface area contributed by atoms with Gasteiger partial charge in [0.1, 0.15) is 18.0 Å². The minimum atomic E-state index is 0.0218. The predicted octanol–water partition coefficient (Wildman–Crippen LogP) is 3.82. The first-order valence-corrected chi connectivity index (χ1v) is 7.40. The third-order valence-corrected chi connectivity index (χ3v) is 3.38. The van der Waals surface area contributed by atoms with Crippen LogP contribution in [-0.2, 0) is 0 Å². The quantitative estimate of drug-likeness (QED) is 0.813. The molecule has 1 aromatic heterocycles. The molecule has 19 heavy (non-hydrogen) atoms. The Morgan fingerprint density at radius 1 is 1.00 bits per heavy atom. The molecule has 0 unspecified atom stereocenters. The average molecular weight is 262 g/mol. The van der Waals surface area contributed by atoms with Crippen LogP contribution in [0, 0.1) is 0 Å². The SMILES string of the molecule is CC(C)(C)Nc1cc(NC2CCCCCC2)ncn1. The van der Waals surface area contributed by atoms with Crippen LogP contribution >= 0.6 is 0 Å². The largest absolute Gasteiger partial charge is 0.367 e. The monoisotopic (exact) mass is 262 g/mol. The summed E-state index contributed by atoms with van der Waals surface area (Å²) >= 11 is 0. The normalized spacial score (nSPS) is 17.8. The van der Waals surface area contributed by atoms with Crippen molar-refractivity contribution in [3.63, 3.8) is 0 Å². The van der Waals surface area contributed by atoms with Crippen LogP contribution in [-0.4, -0.2) is 21.5 Å². The van der Waals surface area contributed by atoms with E-state index >= 15 is 0 Å². The minimum Gasteiger partial charge on any atom is -0.367 e. The van der Waals surface area contributed by atoms with Gasteiger partial charge in [-0.05, 0) is 33.6 Å². The molecule has 2 N–H and O–H groups in total. The third kappa shape index (κ3) is 5.05. The molecular formula is C15H26N4. The highest BCUT2D eigenvalue weighted by Crippen LogP contribution is 2.21. The number of anilines is 2. The van der Waals surface area contributed by atoms with Gasteiger partial charge in [-0.25, -0.2) is 9.97 Å². The number of hydrogen-bond donors (Lipinski definition) is 2. The van der Waals surface area contributed by atoms with Gasteiger partial charge in [0.05, 0.1) is 0 Å². The second-order valence-electron chi connectivity index (χ2n) is 6.50. The van der Waals surface area contributed by atoms with E-state index in [1.54, 1.807) is 6.33 Å². The van der Waals surface area contributed by atoms with E-state index in [2.05, 4.69) is 41.4 Å². The van der Waals surface area contributed by atoms with Crippen LogP contribution in [0.25, 0.3) is 0 Å². The van der Waals surface area contributed by atoms with E-state index in [0.717, 1.165) is 11.6 Å². The van der Waals surface area contributed by atoms with E-state index in [1.807, 2.05) is 6.07 Å². The number of hydrogen-bond acceptors (Lipinski definition) is 4. The average Bonchev–Trinajstić information content (AvgIpc) is 2.56. The van der Waals surface area contributed by atoms with Crippen LogP contribution < -0.4 is 10.6 Å². The van der Waals surface area contributed by atoms with Crippen molar-refractivity contribution in [2.75, 3.05) is 10.6 Å². The highest BCUT2D eigenvalue weighted by Gasteiger charge is 2.14. The Labute approximate surface area is 116 Å². The van der Waals surface area contributed by atoms with Gasteiger partial charge in [-0.15, -0.1) is 0 Å². The lowest BCUT2D eigenvalue weighted by atomic mass is 10.1. The zero-order chi connectivity index (χ0) is 13.7. The zero-order valence-corrected chi connectivity index (χ0v) is 12.4. The Bertz CT molecular complexity index is 389. The molecule has 0 bridgehead atoms. The van der Waals surface area contributed by atoms with Gasteiger partial charge < -0.3 is 10.6 Å². The molecule has 0 spiro atoms. The maximum absolute atomic E-state index is 4.33. The molecule has 1 aliphatic rings. The molecule has 1 fully saturated rings. The maximum atomic E-state index is 4.33. The molecular weight excluding hydrogens is 236 g/mol. The molecule has 4 nitrogen and oxygen atoms in total. The Balaban J connectivity index is 1.98. The molecule has 0 aromatic carbocycles. The Hall–Kier alpha value is -1.32. The molecule has 106 valence electrons. The van der Waals surface area contributed by atoms with Gasteiger partial charge in [0.25, 0.3) is 0 Å². The first-order chi connectivity index (χ1) is 9.03. The third-order valence-electron chi connectivity index (χ3n) is 3.38. The molecule has 4 heteroatoms. The first kappa shape index (κ1) is 14.1. The highest BCUT2D eigenvalue weighted by molar-refractivity contribution is 5.48. The summed E-state index contributed by atoms with van der Waals surface area (Å²) in [6.07, 6.45) is 9.55. The van der Waals surface area contributed by atoms with E-state index in [9.17, 15) is 0 Å². The molecule has 0 aliphatic heterocycles. The van der Waals surface area contributed by atoms with Gasteiger partial charge in [-0.3, -0.25) is 0 Å². The van der Waals surface area contributed by atoms with Crippen molar-refractivity contribution in [2.24, 2.45) is 0 Å². The fourth-order valence-electron chi connectivity index (χ4n) is 2.52. The van der Waals surface area contributed by atoms with Gasteiger partial charge in [0.2, 0.25) is 0 Å². The maximum Gasteiger partial charge on any atom is 0.131 e. The molecule has 0 saturated heterocycles. The second-order valence-corrected chi connectivity index (χ2v) is 6.50. The first-order valence-electron chi connectivity index (χ1n) is 7.40. The van der Waals surface area contributed by atoms with Crippen LogP contribution in [0.2, 0.25) is 0 Å². The second kappa shape index (κ2) is 6.22. The summed E-state index contributed by atoms with van der Waals surface area (Å²) < 4.78 is 0. The van der Waals surface area contributed by atoms with Crippen molar-refractivity contribution in [3.05, 3.63) is 12.4 Å². The van der Waals surface area contributed by atoms with Crippen LogP contribution in [0.15, 0.2) is 12.4 Å². The van der Waals surface area contributed by atoms with Gasteiger partial charge in [0.15, 0.2) is 0 Å². The summed E-state index contributed by atoms with van der Waals surface area (Å²) in [5.41, 5.74) is 0.0218. The van der Waals surface area contributed by atoms with E-state index in [0.29, 0.717) is 6.04 Å². The lowest BCUT2D eigenvalue weighted by Gasteiger charge is -2.22. The minimum absolute atomic E-state index is 0.0218. The molecule has 2 rings (SSSR count). The molecule has 1 aromatic rings. The van der Waals surface area contributed by atoms with Crippen molar-refractivity contribution in [2.45, 2.75) is 70.9 Å². The summed E-state index contributed by atoms with van der Waals surface area (Å²) in [5, 5.41) is 6.94. The van der Waals surface area contributed by atoms with Gasteiger partial charge in [-0.2, -0.15) is 0 Å². The lowest BCUT2D eigenvalue weighted by Crippen LogP contribution is -2.27. The Morgan fingerprint density at radius 2 is 1.63 bits per heavy atom. The molecule has 1 saturated carbocycles. The molecule has 0 atom stereocenters. The fraction of sp³-hybridized carbons (Fsp3) is 0.733. The fourth-order valence-corrected chi connectivity index (χ4v) is 2.52. The predicted molar refractivity (Wildman–Crippen MR) is 80.5 cm³/mol. The van der Waals surface area contributed by atoms with Crippen LogP contribution in [0.4, 0.5) is 11.6 Å². The van der Waals surface area contributed by atoms with Crippen molar-refractivity contribution >= 4 is 11.6 Å². The van der Waals surface area contributed by atoms with Gasteiger partial charge >= 0.3 is 0 Å². The van der Waals surface area contributed by atoms with E-state index in [1.165, 1.54) is 38.5 Å². The summed E-state index contributed by atoms with van der Waals surface area (Å²) in [6, 6.07) is 2.58. The summed E-state index contributed by atoms with van der Waals surface area (Å²) in [7, 11) is 0. The van der Waals surface area contributed by atoms with Crippen LogP contribution in [0.1, 0.15) is 59.3 Å². The van der Waals surface area contributed by atoms with Gasteiger partial charge in [-0.1, -0.05) is 25.7 Å². The standard InChI is InChI=1S/C15H26N4/c1-15(2,3)19-14-10-13(16-11-17-14)18-12-8-6-4-5-7-9-12/h10-12H,4-9H2,1-3H3,(H2,16,17,18,19). The lowest BCUT2D eigenvalue weighted by molar-refractivity contribution is 0.616. The van der Waals surface area contributed by atoms with E-state index in [4.69, 9.17) is 0 Å². The molecule has 0 radical (unpaired) electrons. The summed E-state index contributed by atoms with van der Waals surface area (Å²) in [5.74, 6) is 1.83. The van der Waals surface area contributed by atoms with Gasteiger partial charge in [0, 0.05) is 17.6 Å². The van der Waals surface area contributed by atoms with Crippen molar-refractivity contribution in [1.29, 1.82) is 0 Å². The van der Waals surface area contributed by atoms with Crippen molar-refractivity contribution in [1.82, 2.24) is 9.97 Å². The topological polar surface area (TPSA) is 49.8 Å². The highest BCUT2D eigenvalue weighted by atomic mass is 15.1. The number of nitrogens with zero attached hydrogens (tertiary/aromatic N) is 2. The van der Waals surface area contributed by atoms with E-state index < -0.39 is 0 Å². The number of nitrogens with one attached hydrogen (secondary N) is 2. The van der Waals surface area contributed by atoms with Crippen molar-refractivity contribution < 1.29 is 0 Å². The van der Waals surface area contributed by atoms with Crippen LogP contribution in [0.5, 0.6) is 0 Å². The molecule has 0 amide bonds. The smallest absolute Gasteiger partial charge is 0.131 e. The Kier molecular flexibility index (Phi) is 4.61. The van der Waals surface area contributed by atoms with E-state index in [-0.39, 0.29) is 5.54 Å². The zero-order valence-electron chi connectivity index (χ0n) is 12.4. The molecule has 1 aliphatic carbocycles. The number of aromatic nitrogens is 2. The summed E-state index contributed by atoms with van der Waals surface area (Å²) in [4.78, 5) is 8.61. The summed E-state index contributed by atoms with van der Waals surface area (Å²) in [6.45, 7) is 6.40. The Morgan fingerprint density at radius 3 is 2.26 bits per heavy atom. The number of rotatable bonds is 3. The van der Waals surface area contributed by atoms with Crippen molar-refractivity contribution in [3.8, 4) is 0 Å². The molecule has 1 heterocycles. The van der Waals surface area contributed by atoms with Crippen LogP contribution in [0.3, 0.4) is 0 Å².